The lowest BCUT2D eigenvalue weighted by molar-refractivity contribution is -0.139. The third kappa shape index (κ3) is 5.21. The van der Waals surface area contributed by atoms with E-state index in [4.69, 9.17) is 21.7 Å². The van der Waals surface area contributed by atoms with E-state index in [-0.39, 0.29) is 5.97 Å². The van der Waals surface area contributed by atoms with Crippen LogP contribution >= 0.6 is 12.2 Å². The van der Waals surface area contributed by atoms with E-state index >= 15 is 0 Å². The number of ether oxygens (including phenoxy) is 2. The maximum Gasteiger partial charge on any atom is 0.338 e. The zero-order chi connectivity index (χ0) is 18.9. The molecular formula is C20H28N2O3S. The minimum atomic E-state index is -0.394. The second kappa shape index (κ2) is 10.2. The van der Waals surface area contributed by atoms with Crippen LogP contribution in [-0.4, -0.2) is 24.3 Å². The lowest BCUT2D eigenvalue weighted by Gasteiger charge is -2.30. The maximum atomic E-state index is 12.8. The first kappa shape index (κ1) is 20.2. The van der Waals surface area contributed by atoms with Crippen LogP contribution in [-0.2, 0) is 9.53 Å². The Hall–Kier alpha value is -2.08. The largest absolute Gasteiger partial charge is 0.494 e. The summed E-state index contributed by atoms with van der Waals surface area (Å²) in [4.78, 5) is 12.8. The fourth-order valence-corrected chi connectivity index (χ4v) is 3.25. The lowest BCUT2D eigenvalue weighted by Crippen LogP contribution is -2.45. The van der Waals surface area contributed by atoms with E-state index in [2.05, 4.69) is 17.6 Å². The quantitative estimate of drug-likeness (QED) is 0.386. The predicted octanol–water partition coefficient (Wildman–Crippen LogP) is 4.00. The number of thiocarbonyl (C=S) groups is 1. The van der Waals surface area contributed by atoms with E-state index in [0.717, 1.165) is 37.0 Å². The average molecular weight is 377 g/mol. The third-order valence-corrected chi connectivity index (χ3v) is 4.47. The van der Waals surface area contributed by atoms with Gasteiger partial charge in [0.2, 0.25) is 0 Å². The van der Waals surface area contributed by atoms with Crippen LogP contribution < -0.4 is 15.4 Å². The van der Waals surface area contributed by atoms with Gasteiger partial charge in [0, 0.05) is 11.3 Å². The predicted molar refractivity (Wildman–Crippen MR) is 107 cm³/mol. The van der Waals surface area contributed by atoms with Crippen molar-refractivity contribution in [2.45, 2.75) is 52.5 Å². The Balaban J connectivity index is 2.22. The van der Waals surface area contributed by atoms with Crippen LogP contribution in [0.2, 0.25) is 0 Å². The van der Waals surface area contributed by atoms with Gasteiger partial charge in [-0.05, 0) is 38.6 Å². The highest BCUT2D eigenvalue weighted by atomic mass is 32.1. The SMILES string of the molecule is CCCCCCOC(=O)C1=C(C)NC(=S)N[C@@H]1c1ccccc1OCC. The highest BCUT2D eigenvalue weighted by Gasteiger charge is 2.32. The lowest BCUT2D eigenvalue weighted by atomic mass is 9.95. The van der Waals surface area contributed by atoms with E-state index in [0.29, 0.717) is 29.6 Å². The van der Waals surface area contributed by atoms with Crippen molar-refractivity contribution in [1.29, 1.82) is 0 Å². The number of carbonyl (C=O) groups is 1. The topological polar surface area (TPSA) is 59.6 Å². The van der Waals surface area contributed by atoms with Crippen LogP contribution in [0, 0.1) is 0 Å². The molecule has 0 radical (unpaired) electrons. The van der Waals surface area contributed by atoms with Crippen LogP contribution in [0.1, 0.15) is 58.1 Å². The fourth-order valence-electron chi connectivity index (χ4n) is 2.98. The van der Waals surface area contributed by atoms with Crippen LogP contribution in [0.5, 0.6) is 5.75 Å². The van der Waals surface area contributed by atoms with Gasteiger partial charge in [0.1, 0.15) is 5.75 Å². The zero-order valence-electron chi connectivity index (χ0n) is 15.8. The van der Waals surface area contributed by atoms with Gasteiger partial charge >= 0.3 is 5.97 Å². The van der Waals surface area contributed by atoms with Gasteiger partial charge < -0.3 is 20.1 Å². The van der Waals surface area contributed by atoms with Crippen LogP contribution in [0.3, 0.4) is 0 Å². The first-order valence-corrected chi connectivity index (χ1v) is 9.66. The highest BCUT2D eigenvalue weighted by Crippen LogP contribution is 2.33. The second-order valence-corrected chi connectivity index (χ2v) is 6.65. The second-order valence-electron chi connectivity index (χ2n) is 6.24. The molecule has 6 heteroatoms. The molecular weight excluding hydrogens is 348 g/mol. The van der Waals surface area contributed by atoms with Crippen LogP contribution in [0.25, 0.3) is 0 Å². The van der Waals surface area contributed by atoms with Gasteiger partial charge in [0.15, 0.2) is 5.11 Å². The number of para-hydroxylation sites is 1. The summed E-state index contributed by atoms with van der Waals surface area (Å²) in [5, 5.41) is 6.70. The summed E-state index contributed by atoms with van der Waals surface area (Å²) < 4.78 is 11.3. The molecule has 2 N–H and O–H groups in total. The number of rotatable bonds is 9. The van der Waals surface area contributed by atoms with E-state index in [1.54, 1.807) is 0 Å². The number of unbranched alkanes of at least 4 members (excludes halogenated alkanes) is 3. The first-order valence-electron chi connectivity index (χ1n) is 9.25. The molecule has 2 rings (SSSR count). The summed E-state index contributed by atoms with van der Waals surface area (Å²) in [6, 6.07) is 7.28. The normalized spacial score (nSPS) is 16.7. The van der Waals surface area contributed by atoms with Gasteiger partial charge in [0.25, 0.3) is 0 Å². The zero-order valence-corrected chi connectivity index (χ0v) is 16.6. The van der Waals surface area contributed by atoms with Crippen molar-refractivity contribution in [1.82, 2.24) is 10.6 Å². The third-order valence-electron chi connectivity index (χ3n) is 4.25. The molecule has 0 aliphatic carbocycles. The number of carbonyl (C=O) groups excluding carboxylic acids is 1. The molecule has 0 amide bonds. The molecule has 0 spiro atoms. The highest BCUT2D eigenvalue weighted by molar-refractivity contribution is 7.80. The summed E-state index contributed by atoms with van der Waals surface area (Å²) in [7, 11) is 0. The van der Waals surface area contributed by atoms with Gasteiger partial charge in [-0.1, -0.05) is 44.4 Å². The summed E-state index contributed by atoms with van der Waals surface area (Å²) >= 11 is 5.29. The molecule has 0 fully saturated rings. The number of benzene rings is 1. The number of hydrogen-bond acceptors (Lipinski definition) is 4. The number of allylic oxidation sites excluding steroid dienone is 1. The molecule has 0 unspecified atom stereocenters. The van der Waals surface area contributed by atoms with Crippen LogP contribution in [0.4, 0.5) is 0 Å². The molecule has 142 valence electrons. The molecule has 1 aromatic carbocycles. The number of nitrogens with one attached hydrogen (secondary N) is 2. The Morgan fingerprint density at radius 1 is 1.19 bits per heavy atom. The Labute approximate surface area is 161 Å². The van der Waals surface area contributed by atoms with Crippen molar-refractivity contribution >= 4 is 23.3 Å². The van der Waals surface area contributed by atoms with Crippen molar-refractivity contribution in [3.8, 4) is 5.75 Å². The molecule has 1 atom stereocenters. The maximum absolute atomic E-state index is 12.8. The van der Waals surface area contributed by atoms with Gasteiger partial charge in [-0.15, -0.1) is 0 Å². The van der Waals surface area contributed by atoms with Crippen molar-refractivity contribution in [2.24, 2.45) is 0 Å². The Kier molecular flexibility index (Phi) is 7.91. The molecule has 0 bridgehead atoms. The molecule has 0 aromatic heterocycles. The molecule has 1 aliphatic rings. The van der Waals surface area contributed by atoms with E-state index in [1.807, 2.05) is 38.1 Å². The Bertz CT molecular complexity index is 673. The molecule has 1 aliphatic heterocycles. The summed E-state index contributed by atoms with van der Waals surface area (Å²) in [6.45, 7) is 6.91. The van der Waals surface area contributed by atoms with Crippen molar-refractivity contribution in [2.75, 3.05) is 13.2 Å². The number of esters is 1. The van der Waals surface area contributed by atoms with Gasteiger partial charge in [0.05, 0.1) is 24.8 Å². The minimum absolute atomic E-state index is 0.321. The van der Waals surface area contributed by atoms with Gasteiger partial charge in [-0.2, -0.15) is 0 Å². The molecule has 0 saturated heterocycles. The van der Waals surface area contributed by atoms with E-state index in [9.17, 15) is 4.79 Å². The molecule has 5 nitrogen and oxygen atoms in total. The Morgan fingerprint density at radius 3 is 2.69 bits per heavy atom. The summed E-state index contributed by atoms with van der Waals surface area (Å²) in [6.07, 6.45) is 4.26. The Morgan fingerprint density at radius 2 is 1.96 bits per heavy atom. The van der Waals surface area contributed by atoms with E-state index < -0.39 is 6.04 Å². The fraction of sp³-hybridized carbons (Fsp3) is 0.500. The standard InChI is InChI=1S/C20H28N2O3S/c1-4-6-7-10-13-25-19(23)17-14(3)21-20(26)22-18(17)15-11-8-9-12-16(15)24-5-2/h8-9,11-12,18H,4-7,10,13H2,1-3H3,(H2,21,22,26)/t18-/m1/s1. The minimum Gasteiger partial charge on any atom is -0.494 e. The van der Waals surface area contributed by atoms with Crippen LogP contribution in [0.15, 0.2) is 35.5 Å². The average Bonchev–Trinajstić information content (AvgIpc) is 2.61. The number of hydrogen-bond donors (Lipinski definition) is 2. The monoisotopic (exact) mass is 376 g/mol. The molecule has 1 heterocycles. The van der Waals surface area contributed by atoms with Gasteiger partial charge in [-0.3, -0.25) is 0 Å². The van der Waals surface area contributed by atoms with Crippen molar-refractivity contribution < 1.29 is 14.3 Å². The summed E-state index contributed by atoms with van der Waals surface area (Å²) in [5.41, 5.74) is 2.13. The molecule has 26 heavy (non-hydrogen) atoms. The molecule has 1 aromatic rings. The van der Waals surface area contributed by atoms with Gasteiger partial charge in [-0.25, -0.2) is 4.79 Å². The first-order chi connectivity index (χ1) is 12.6. The van der Waals surface area contributed by atoms with Crippen molar-refractivity contribution in [3.63, 3.8) is 0 Å². The molecule has 0 saturated carbocycles. The smallest absolute Gasteiger partial charge is 0.338 e. The summed E-state index contributed by atoms with van der Waals surface area (Å²) in [5.74, 6) is 0.413. The van der Waals surface area contributed by atoms with E-state index in [1.165, 1.54) is 0 Å². The van der Waals surface area contributed by atoms with Crippen molar-refractivity contribution in [3.05, 3.63) is 41.1 Å².